The molecular weight excluding hydrogens is 264 g/mol. The second-order valence-corrected chi connectivity index (χ2v) is 6.67. The lowest BCUT2D eigenvalue weighted by Gasteiger charge is -2.22. The number of amides is 1. The molecule has 0 radical (unpaired) electrons. The molecule has 1 atom stereocenters. The predicted molar refractivity (Wildman–Crippen MR) is 90.5 cm³/mol. The SMILES string of the molecule is CCNC(=NCC(C)(C)C(=O)NC)NC(C)CCC(C)C. The van der Waals surface area contributed by atoms with E-state index in [0.717, 1.165) is 18.9 Å². The fourth-order valence-corrected chi connectivity index (χ4v) is 1.90. The van der Waals surface area contributed by atoms with Crippen molar-refractivity contribution in [2.45, 2.75) is 60.4 Å². The van der Waals surface area contributed by atoms with Gasteiger partial charge in [0, 0.05) is 19.6 Å². The standard InChI is InChI=1S/C16H34N4O/c1-8-18-15(20-13(4)10-9-12(2)3)19-11-16(5,6)14(21)17-7/h12-13H,8-11H2,1-7H3,(H,17,21)(H2,18,19,20). The van der Waals surface area contributed by atoms with E-state index in [1.54, 1.807) is 7.05 Å². The highest BCUT2D eigenvalue weighted by Crippen LogP contribution is 2.15. The van der Waals surface area contributed by atoms with Crippen molar-refractivity contribution in [3.05, 3.63) is 0 Å². The summed E-state index contributed by atoms with van der Waals surface area (Å²) in [4.78, 5) is 16.3. The molecule has 5 heteroatoms. The molecule has 0 saturated carbocycles. The first-order valence-corrected chi connectivity index (χ1v) is 8.00. The third-order valence-electron chi connectivity index (χ3n) is 3.38. The van der Waals surface area contributed by atoms with Gasteiger partial charge in [0.1, 0.15) is 0 Å². The van der Waals surface area contributed by atoms with E-state index >= 15 is 0 Å². The molecule has 0 bridgehead atoms. The number of carbonyl (C=O) groups is 1. The van der Waals surface area contributed by atoms with Gasteiger partial charge in [-0.3, -0.25) is 9.79 Å². The monoisotopic (exact) mass is 298 g/mol. The maximum absolute atomic E-state index is 11.8. The zero-order chi connectivity index (χ0) is 16.5. The van der Waals surface area contributed by atoms with Crippen LogP contribution in [0.25, 0.3) is 0 Å². The number of carbonyl (C=O) groups excluding carboxylic acids is 1. The fourth-order valence-electron chi connectivity index (χ4n) is 1.90. The summed E-state index contributed by atoms with van der Waals surface area (Å²) >= 11 is 0. The van der Waals surface area contributed by atoms with Crippen LogP contribution in [0.1, 0.15) is 54.4 Å². The minimum atomic E-state index is -0.502. The van der Waals surface area contributed by atoms with Gasteiger partial charge < -0.3 is 16.0 Å². The van der Waals surface area contributed by atoms with Crippen LogP contribution in [0.2, 0.25) is 0 Å². The van der Waals surface area contributed by atoms with E-state index < -0.39 is 5.41 Å². The fraction of sp³-hybridized carbons (Fsp3) is 0.875. The summed E-state index contributed by atoms with van der Waals surface area (Å²) in [5.74, 6) is 1.50. The van der Waals surface area contributed by atoms with Crippen molar-refractivity contribution in [3.8, 4) is 0 Å². The first-order chi connectivity index (χ1) is 9.72. The van der Waals surface area contributed by atoms with Gasteiger partial charge in [-0.15, -0.1) is 0 Å². The van der Waals surface area contributed by atoms with Crippen LogP contribution in [-0.4, -0.2) is 38.0 Å². The van der Waals surface area contributed by atoms with E-state index in [2.05, 4.69) is 41.7 Å². The summed E-state index contributed by atoms with van der Waals surface area (Å²) in [5, 5.41) is 9.33. The number of guanidine groups is 1. The van der Waals surface area contributed by atoms with Crippen molar-refractivity contribution in [3.63, 3.8) is 0 Å². The predicted octanol–water partition coefficient (Wildman–Crippen LogP) is 2.14. The van der Waals surface area contributed by atoms with E-state index in [4.69, 9.17) is 0 Å². The van der Waals surface area contributed by atoms with Crippen LogP contribution in [0.5, 0.6) is 0 Å². The Kier molecular flexibility index (Phi) is 9.06. The van der Waals surface area contributed by atoms with E-state index in [-0.39, 0.29) is 5.91 Å². The smallest absolute Gasteiger partial charge is 0.227 e. The molecule has 0 fully saturated rings. The van der Waals surface area contributed by atoms with Crippen LogP contribution >= 0.6 is 0 Å². The molecular formula is C16H34N4O. The van der Waals surface area contributed by atoms with Crippen molar-refractivity contribution in [1.82, 2.24) is 16.0 Å². The summed E-state index contributed by atoms with van der Waals surface area (Å²) in [6.45, 7) is 13.7. The number of hydrogen-bond acceptors (Lipinski definition) is 2. The van der Waals surface area contributed by atoms with Gasteiger partial charge in [0.25, 0.3) is 0 Å². The van der Waals surface area contributed by atoms with E-state index in [1.807, 2.05) is 20.8 Å². The Hall–Kier alpha value is -1.26. The van der Waals surface area contributed by atoms with Crippen molar-refractivity contribution in [2.75, 3.05) is 20.1 Å². The van der Waals surface area contributed by atoms with E-state index in [0.29, 0.717) is 18.5 Å². The topological polar surface area (TPSA) is 65.5 Å². The zero-order valence-electron chi connectivity index (χ0n) is 14.8. The highest BCUT2D eigenvalue weighted by atomic mass is 16.2. The van der Waals surface area contributed by atoms with Gasteiger partial charge in [0.15, 0.2) is 5.96 Å². The summed E-state index contributed by atoms with van der Waals surface area (Å²) in [7, 11) is 1.66. The Bertz CT molecular complexity index is 337. The Morgan fingerprint density at radius 2 is 1.81 bits per heavy atom. The largest absolute Gasteiger partial charge is 0.359 e. The average molecular weight is 298 g/mol. The molecule has 0 spiro atoms. The number of nitrogens with zero attached hydrogens (tertiary/aromatic N) is 1. The van der Waals surface area contributed by atoms with Gasteiger partial charge in [-0.05, 0) is 46.5 Å². The summed E-state index contributed by atoms with van der Waals surface area (Å²) in [6.07, 6.45) is 2.30. The minimum absolute atomic E-state index is 0.00922. The first kappa shape index (κ1) is 19.7. The molecule has 1 unspecified atom stereocenters. The van der Waals surface area contributed by atoms with Crippen LogP contribution in [0, 0.1) is 11.3 Å². The van der Waals surface area contributed by atoms with Crippen LogP contribution in [0.4, 0.5) is 0 Å². The lowest BCUT2D eigenvalue weighted by molar-refractivity contribution is -0.128. The minimum Gasteiger partial charge on any atom is -0.359 e. The van der Waals surface area contributed by atoms with Gasteiger partial charge in [-0.2, -0.15) is 0 Å². The molecule has 0 saturated heterocycles. The average Bonchev–Trinajstić information content (AvgIpc) is 2.41. The number of aliphatic imine (C=N–C) groups is 1. The van der Waals surface area contributed by atoms with Crippen LogP contribution in [0.15, 0.2) is 4.99 Å². The summed E-state index contributed by atoms with van der Waals surface area (Å²) in [5.41, 5.74) is -0.502. The maximum Gasteiger partial charge on any atom is 0.227 e. The Morgan fingerprint density at radius 1 is 1.19 bits per heavy atom. The molecule has 1 amide bonds. The molecule has 0 aromatic heterocycles. The van der Waals surface area contributed by atoms with Gasteiger partial charge in [-0.1, -0.05) is 13.8 Å². The molecule has 21 heavy (non-hydrogen) atoms. The lowest BCUT2D eigenvalue weighted by atomic mass is 9.93. The Morgan fingerprint density at radius 3 is 2.29 bits per heavy atom. The third kappa shape index (κ3) is 8.58. The van der Waals surface area contributed by atoms with Crippen molar-refractivity contribution < 1.29 is 4.79 Å². The molecule has 3 N–H and O–H groups in total. The molecule has 0 aliphatic heterocycles. The first-order valence-electron chi connectivity index (χ1n) is 8.00. The van der Waals surface area contributed by atoms with E-state index in [9.17, 15) is 4.79 Å². The number of hydrogen-bond donors (Lipinski definition) is 3. The van der Waals surface area contributed by atoms with Crippen molar-refractivity contribution in [2.24, 2.45) is 16.3 Å². The summed E-state index contributed by atoms with van der Waals surface area (Å²) < 4.78 is 0. The molecule has 124 valence electrons. The maximum atomic E-state index is 11.8. The van der Waals surface area contributed by atoms with Crippen molar-refractivity contribution in [1.29, 1.82) is 0 Å². The molecule has 0 aromatic carbocycles. The van der Waals surface area contributed by atoms with Gasteiger partial charge in [0.2, 0.25) is 5.91 Å². The molecule has 5 nitrogen and oxygen atoms in total. The normalized spacial score (nSPS) is 14.0. The second-order valence-electron chi connectivity index (χ2n) is 6.67. The molecule has 0 aromatic rings. The highest BCUT2D eigenvalue weighted by Gasteiger charge is 2.26. The Labute approximate surface area is 130 Å². The van der Waals surface area contributed by atoms with Crippen molar-refractivity contribution >= 4 is 11.9 Å². The van der Waals surface area contributed by atoms with Gasteiger partial charge >= 0.3 is 0 Å². The van der Waals surface area contributed by atoms with E-state index in [1.165, 1.54) is 6.42 Å². The van der Waals surface area contributed by atoms with Gasteiger partial charge in [-0.25, -0.2) is 0 Å². The second kappa shape index (κ2) is 9.64. The molecule has 0 heterocycles. The Balaban J connectivity index is 4.59. The van der Waals surface area contributed by atoms with Crippen LogP contribution in [0.3, 0.4) is 0 Å². The zero-order valence-corrected chi connectivity index (χ0v) is 14.8. The van der Waals surface area contributed by atoms with Crippen LogP contribution in [-0.2, 0) is 4.79 Å². The molecule has 0 aliphatic rings. The molecule has 0 aliphatic carbocycles. The van der Waals surface area contributed by atoms with Crippen LogP contribution < -0.4 is 16.0 Å². The lowest BCUT2D eigenvalue weighted by Crippen LogP contribution is -2.44. The third-order valence-corrected chi connectivity index (χ3v) is 3.38. The summed E-state index contributed by atoms with van der Waals surface area (Å²) in [6, 6.07) is 0.369. The van der Waals surface area contributed by atoms with Gasteiger partial charge in [0.05, 0.1) is 12.0 Å². The molecule has 0 rings (SSSR count). The quantitative estimate of drug-likeness (QED) is 0.475. The number of nitrogens with one attached hydrogen (secondary N) is 3. The number of rotatable bonds is 8. The highest BCUT2D eigenvalue weighted by molar-refractivity contribution is 5.83.